The molecule has 1 unspecified atom stereocenters. The normalized spacial score (nSPS) is 18.2. The second-order valence-corrected chi connectivity index (χ2v) is 10.4. The summed E-state index contributed by atoms with van der Waals surface area (Å²) < 4.78 is 41.6. The third-order valence-electron chi connectivity index (χ3n) is 4.23. The molecule has 0 aliphatic carbocycles. The van der Waals surface area contributed by atoms with Crippen LogP contribution in [0, 0.1) is 5.82 Å². The number of nitrogens with one attached hydrogen (secondary N) is 1. The number of carbonyl (C=O) groups is 1. The molecule has 9 heteroatoms. The molecule has 1 atom stereocenters. The van der Waals surface area contributed by atoms with Crippen LogP contribution in [-0.4, -0.2) is 37.8 Å². The summed E-state index contributed by atoms with van der Waals surface area (Å²) in [4.78, 5) is 13.2. The Morgan fingerprint density at radius 1 is 1.31 bits per heavy atom. The summed E-state index contributed by atoms with van der Waals surface area (Å²) in [5, 5.41) is 2.80. The average Bonchev–Trinajstić information content (AvgIpc) is 3.24. The van der Waals surface area contributed by atoms with Crippen molar-refractivity contribution >= 4 is 43.2 Å². The molecule has 1 aromatic carbocycles. The molecule has 2 heterocycles. The molecule has 2 aromatic rings. The van der Waals surface area contributed by atoms with Gasteiger partial charge in [-0.2, -0.15) is 4.31 Å². The summed E-state index contributed by atoms with van der Waals surface area (Å²) in [5.74, 6) is -1.14. The largest absolute Gasteiger partial charge is 0.354 e. The van der Waals surface area contributed by atoms with Crippen molar-refractivity contribution in [1.82, 2.24) is 9.62 Å². The lowest BCUT2D eigenvalue weighted by molar-refractivity contribution is -0.124. The highest BCUT2D eigenvalue weighted by Gasteiger charge is 2.40. The van der Waals surface area contributed by atoms with Crippen molar-refractivity contribution in [1.29, 1.82) is 0 Å². The van der Waals surface area contributed by atoms with E-state index in [2.05, 4.69) is 21.2 Å². The van der Waals surface area contributed by atoms with Gasteiger partial charge in [0.05, 0.1) is 3.79 Å². The summed E-state index contributed by atoms with van der Waals surface area (Å²) in [6.07, 6.45) is 1.68. The zero-order valence-corrected chi connectivity index (χ0v) is 17.0. The zero-order chi connectivity index (χ0) is 18.7. The molecule has 0 spiro atoms. The van der Waals surface area contributed by atoms with Gasteiger partial charge in [-0.1, -0.05) is 12.1 Å². The molecule has 3 rings (SSSR count). The topological polar surface area (TPSA) is 66.5 Å². The third-order valence-corrected chi connectivity index (χ3v) is 7.85. The van der Waals surface area contributed by atoms with E-state index in [1.807, 2.05) is 12.1 Å². The lowest BCUT2D eigenvalue weighted by atomic mass is 10.2. The third kappa shape index (κ3) is 4.16. The van der Waals surface area contributed by atoms with E-state index in [-0.39, 0.29) is 17.3 Å². The summed E-state index contributed by atoms with van der Waals surface area (Å²) in [6.45, 7) is 0.641. The Morgan fingerprint density at radius 3 is 2.77 bits per heavy atom. The Morgan fingerprint density at radius 2 is 2.08 bits per heavy atom. The Bertz CT molecular complexity index is 901. The van der Waals surface area contributed by atoms with E-state index in [4.69, 9.17) is 0 Å². The molecule has 1 aliphatic rings. The predicted octanol–water partition coefficient (Wildman–Crippen LogP) is 3.16. The minimum absolute atomic E-state index is 0.215. The number of thiophene rings is 1. The van der Waals surface area contributed by atoms with Gasteiger partial charge in [0.15, 0.2) is 0 Å². The van der Waals surface area contributed by atoms with E-state index in [0.29, 0.717) is 25.8 Å². The summed E-state index contributed by atoms with van der Waals surface area (Å²) >= 11 is 4.98. The van der Waals surface area contributed by atoms with Crippen molar-refractivity contribution in [3.8, 4) is 0 Å². The van der Waals surface area contributed by atoms with Gasteiger partial charge in [-0.3, -0.25) is 4.79 Å². The number of benzene rings is 1. The number of carbonyl (C=O) groups excluding carboxylic acids is 1. The smallest absolute Gasteiger partial charge is 0.246 e. The van der Waals surface area contributed by atoms with Crippen LogP contribution in [0.2, 0.25) is 0 Å². The Balaban J connectivity index is 1.67. The van der Waals surface area contributed by atoms with Crippen LogP contribution in [0.1, 0.15) is 17.7 Å². The Hall–Kier alpha value is -1.29. The van der Waals surface area contributed by atoms with Gasteiger partial charge in [-0.25, -0.2) is 12.8 Å². The minimum Gasteiger partial charge on any atom is -0.354 e. The number of halogens is 2. The fourth-order valence-corrected chi connectivity index (χ4v) is 6.19. The van der Waals surface area contributed by atoms with Crippen molar-refractivity contribution in [2.45, 2.75) is 30.2 Å². The quantitative estimate of drug-likeness (QED) is 0.719. The van der Waals surface area contributed by atoms with E-state index in [0.717, 1.165) is 19.0 Å². The molecule has 1 saturated heterocycles. The zero-order valence-electron chi connectivity index (χ0n) is 13.8. The van der Waals surface area contributed by atoms with Crippen molar-refractivity contribution in [3.05, 3.63) is 50.9 Å². The number of nitrogens with zero attached hydrogens (tertiary/aromatic N) is 1. The number of sulfonamides is 1. The SMILES string of the molecule is O=C(NCCc1ccc(Br)s1)C1CCCN1S(=O)(=O)c1ccccc1F. The molecule has 0 bridgehead atoms. The molecule has 0 radical (unpaired) electrons. The van der Waals surface area contributed by atoms with Gasteiger partial charge < -0.3 is 5.32 Å². The summed E-state index contributed by atoms with van der Waals surface area (Å²) in [5.41, 5.74) is 0. The van der Waals surface area contributed by atoms with Crippen LogP contribution >= 0.6 is 27.3 Å². The first-order chi connectivity index (χ1) is 12.4. The van der Waals surface area contributed by atoms with Crippen LogP contribution in [-0.2, 0) is 21.2 Å². The minimum atomic E-state index is -4.04. The van der Waals surface area contributed by atoms with Crippen molar-refractivity contribution in [3.63, 3.8) is 0 Å². The van der Waals surface area contributed by atoms with E-state index in [1.54, 1.807) is 11.3 Å². The standard InChI is InChI=1S/C17H18BrFN2O3S2/c18-16-8-7-12(25-16)9-10-20-17(22)14-5-3-11-21(14)26(23,24)15-6-2-1-4-13(15)19/h1-2,4,6-8,14H,3,5,9-11H2,(H,20,22). The first kappa shape index (κ1) is 19.5. The molecule has 1 aliphatic heterocycles. The van der Waals surface area contributed by atoms with E-state index >= 15 is 0 Å². The molecular weight excluding hydrogens is 443 g/mol. The number of hydrogen-bond acceptors (Lipinski definition) is 4. The molecule has 140 valence electrons. The molecule has 1 fully saturated rings. The second kappa shape index (κ2) is 8.16. The van der Waals surface area contributed by atoms with Gasteiger partial charge in [0.2, 0.25) is 15.9 Å². The highest BCUT2D eigenvalue weighted by Crippen LogP contribution is 2.27. The summed E-state index contributed by atoms with van der Waals surface area (Å²) in [6, 6.07) is 8.37. The second-order valence-electron chi connectivity index (χ2n) is 5.95. The van der Waals surface area contributed by atoms with E-state index in [9.17, 15) is 17.6 Å². The van der Waals surface area contributed by atoms with Crippen LogP contribution < -0.4 is 5.32 Å². The molecule has 26 heavy (non-hydrogen) atoms. The maximum atomic E-state index is 14.0. The highest BCUT2D eigenvalue weighted by atomic mass is 79.9. The van der Waals surface area contributed by atoms with Gasteiger partial charge >= 0.3 is 0 Å². The van der Waals surface area contributed by atoms with Gasteiger partial charge in [-0.15, -0.1) is 11.3 Å². The maximum absolute atomic E-state index is 14.0. The fraction of sp³-hybridized carbons (Fsp3) is 0.353. The van der Waals surface area contributed by atoms with Crippen LogP contribution in [0.4, 0.5) is 4.39 Å². The van der Waals surface area contributed by atoms with Crippen molar-refractivity contribution in [2.75, 3.05) is 13.1 Å². The molecule has 0 saturated carbocycles. The monoisotopic (exact) mass is 460 g/mol. The first-order valence-electron chi connectivity index (χ1n) is 8.18. The predicted molar refractivity (Wildman–Crippen MR) is 102 cm³/mol. The molecule has 1 N–H and O–H groups in total. The highest BCUT2D eigenvalue weighted by molar-refractivity contribution is 9.11. The van der Waals surface area contributed by atoms with Crippen molar-refractivity contribution in [2.24, 2.45) is 0 Å². The van der Waals surface area contributed by atoms with Gasteiger partial charge in [0.25, 0.3) is 0 Å². The first-order valence-corrected chi connectivity index (χ1v) is 11.2. The average molecular weight is 461 g/mol. The lowest BCUT2D eigenvalue weighted by Gasteiger charge is -2.23. The lowest BCUT2D eigenvalue weighted by Crippen LogP contribution is -2.46. The number of hydrogen-bond donors (Lipinski definition) is 1. The Kier molecular flexibility index (Phi) is 6.11. The molecule has 1 amide bonds. The van der Waals surface area contributed by atoms with Gasteiger partial charge in [-0.05, 0) is 59.5 Å². The van der Waals surface area contributed by atoms with E-state index < -0.39 is 21.9 Å². The van der Waals surface area contributed by atoms with Crippen LogP contribution in [0.5, 0.6) is 0 Å². The maximum Gasteiger partial charge on any atom is 0.246 e. The molecule has 5 nitrogen and oxygen atoms in total. The van der Waals surface area contributed by atoms with Crippen LogP contribution in [0.25, 0.3) is 0 Å². The summed E-state index contributed by atoms with van der Waals surface area (Å²) in [7, 11) is -4.04. The molecule has 1 aromatic heterocycles. The number of amides is 1. The number of rotatable bonds is 6. The molecular formula is C17H18BrFN2O3S2. The van der Waals surface area contributed by atoms with Gasteiger partial charge in [0.1, 0.15) is 16.8 Å². The fourth-order valence-electron chi connectivity index (χ4n) is 2.98. The van der Waals surface area contributed by atoms with E-state index in [1.165, 1.54) is 18.2 Å². The Labute approximate surface area is 164 Å². The van der Waals surface area contributed by atoms with Crippen LogP contribution in [0.3, 0.4) is 0 Å². The van der Waals surface area contributed by atoms with Crippen LogP contribution in [0.15, 0.2) is 45.1 Å². The van der Waals surface area contributed by atoms with Gasteiger partial charge in [0, 0.05) is 18.0 Å². The van der Waals surface area contributed by atoms with Crippen molar-refractivity contribution < 1.29 is 17.6 Å².